The molecule has 2 aromatic heterocycles. The Kier molecular flexibility index (Phi) is 5.63. The molecule has 0 saturated heterocycles. The van der Waals surface area contributed by atoms with Gasteiger partial charge in [-0.25, -0.2) is 4.98 Å². The maximum absolute atomic E-state index is 13.0. The highest BCUT2D eigenvalue weighted by molar-refractivity contribution is 7.13. The fourth-order valence-corrected chi connectivity index (χ4v) is 4.29. The quantitative estimate of drug-likeness (QED) is 0.344. The largest absolute Gasteiger partial charge is 0.488 e. The number of thiazole rings is 1. The molecule has 7 heteroatoms. The first-order valence-electron chi connectivity index (χ1n) is 9.04. The van der Waals surface area contributed by atoms with E-state index in [9.17, 15) is 4.79 Å². The van der Waals surface area contributed by atoms with Gasteiger partial charge in [0.25, 0.3) is 0 Å². The number of nitrogens with zero attached hydrogens (tertiary/aromatic N) is 1. The number of halogens is 2. The molecular formula is C22H17Cl2NO3S. The summed E-state index contributed by atoms with van der Waals surface area (Å²) in [5.41, 5.74) is 3.48. The van der Waals surface area contributed by atoms with Crippen LogP contribution in [0.2, 0.25) is 10.0 Å². The van der Waals surface area contributed by atoms with E-state index in [0.29, 0.717) is 43.8 Å². The Bertz CT molecular complexity index is 1260. The average Bonchev–Trinajstić information content (AvgIpc) is 3.13. The molecule has 0 fully saturated rings. The lowest BCUT2D eigenvalue weighted by Gasteiger charge is -2.13. The Balaban J connectivity index is 1.71. The molecule has 0 aliphatic heterocycles. The minimum Gasteiger partial charge on any atom is -0.488 e. The molecule has 0 radical (unpaired) electrons. The monoisotopic (exact) mass is 445 g/mol. The van der Waals surface area contributed by atoms with Crippen molar-refractivity contribution >= 4 is 45.5 Å². The Morgan fingerprint density at radius 2 is 2.00 bits per heavy atom. The smallest absolute Gasteiger partial charge is 0.202 e. The van der Waals surface area contributed by atoms with Crippen molar-refractivity contribution in [2.75, 3.05) is 0 Å². The average molecular weight is 446 g/mol. The molecule has 0 N–H and O–H groups in total. The molecule has 2 heterocycles. The second-order valence-electron chi connectivity index (χ2n) is 6.61. The summed E-state index contributed by atoms with van der Waals surface area (Å²) in [6, 6.07) is 8.89. The van der Waals surface area contributed by atoms with Crippen LogP contribution in [0.4, 0.5) is 0 Å². The summed E-state index contributed by atoms with van der Waals surface area (Å²) in [4.78, 5) is 17.4. The Hall–Kier alpha value is -2.34. The van der Waals surface area contributed by atoms with Gasteiger partial charge in [0.2, 0.25) is 5.43 Å². The normalized spacial score (nSPS) is 11.2. The lowest BCUT2D eigenvalue weighted by atomic mass is 10.1. The van der Waals surface area contributed by atoms with Crippen molar-refractivity contribution in [2.24, 2.45) is 0 Å². The summed E-state index contributed by atoms with van der Waals surface area (Å²) in [5, 5.41) is 4.21. The summed E-state index contributed by atoms with van der Waals surface area (Å²) in [6.07, 6.45) is 2.17. The summed E-state index contributed by atoms with van der Waals surface area (Å²) >= 11 is 13.6. The van der Waals surface area contributed by atoms with Crippen LogP contribution in [0.5, 0.6) is 5.75 Å². The van der Waals surface area contributed by atoms with Gasteiger partial charge in [0.05, 0.1) is 10.9 Å². The van der Waals surface area contributed by atoms with E-state index in [1.165, 1.54) is 17.6 Å². The van der Waals surface area contributed by atoms with Crippen LogP contribution in [0.15, 0.2) is 51.2 Å². The van der Waals surface area contributed by atoms with Gasteiger partial charge in [-0.15, -0.1) is 11.3 Å². The number of aryl methyl sites for hydroxylation is 2. The second-order valence-corrected chi connectivity index (χ2v) is 8.31. The van der Waals surface area contributed by atoms with Crippen molar-refractivity contribution in [3.63, 3.8) is 0 Å². The first-order valence-corrected chi connectivity index (χ1v) is 10.7. The van der Waals surface area contributed by atoms with Crippen LogP contribution >= 0.6 is 34.5 Å². The molecule has 0 amide bonds. The van der Waals surface area contributed by atoms with Crippen molar-refractivity contribution in [3.8, 4) is 16.3 Å². The summed E-state index contributed by atoms with van der Waals surface area (Å²) < 4.78 is 11.8. The van der Waals surface area contributed by atoms with Gasteiger partial charge in [0, 0.05) is 32.7 Å². The zero-order valence-electron chi connectivity index (χ0n) is 15.8. The highest BCUT2D eigenvalue weighted by Crippen LogP contribution is 2.30. The van der Waals surface area contributed by atoms with E-state index in [4.69, 9.17) is 32.4 Å². The molecule has 4 rings (SSSR count). The zero-order chi connectivity index (χ0) is 20.5. The molecule has 0 unspecified atom stereocenters. The number of fused-ring (bicyclic) bond motifs is 1. The maximum Gasteiger partial charge on any atom is 0.202 e. The number of aromatic nitrogens is 1. The number of hydrogen-bond donors (Lipinski definition) is 0. The first-order chi connectivity index (χ1) is 14.0. The van der Waals surface area contributed by atoms with Crippen LogP contribution in [0.1, 0.15) is 23.7 Å². The number of hydrogen-bond acceptors (Lipinski definition) is 5. The molecule has 2 aromatic carbocycles. The third-order valence-electron chi connectivity index (χ3n) is 4.58. The number of rotatable bonds is 5. The molecule has 4 aromatic rings. The van der Waals surface area contributed by atoms with Gasteiger partial charge in [0.1, 0.15) is 29.2 Å². The molecule has 0 atom stereocenters. The molecule has 4 nitrogen and oxygen atoms in total. The summed E-state index contributed by atoms with van der Waals surface area (Å²) in [6.45, 7) is 4.20. The van der Waals surface area contributed by atoms with E-state index in [-0.39, 0.29) is 12.0 Å². The first kappa shape index (κ1) is 20.0. The van der Waals surface area contributed by atoms with Gasteiger partial charge in [0.15, 0.2) is 0 Å². The van der Waals surface area contributed by atoms with E-state index in [1.54, 1.807) is 18.2 Å². The van der Waals surface area contributed by atoms with Crippen molar-refractivity contribution < 1.29 is 9.15 Å². The third-order valence-corrected chi connectivity index (χ3v) is 6.16. The Morgan fingerprint density at radius 3 is 2.69 bits per heavy atom. The zero-order valence-corrected chi connectivity index (χ0v) is 18.1. The van der Waals surface area contributed by atoms with Crippen LogP contribution in [-0.2, 0) is 13.0 Å². The number of ether oxygens (including phenoxy) is 1. The molecule has 0 aliphatic carbocycles. The predicted molar refractivity (Wildman–Crippen MR) is 119 cm³/mol. The minimum absolute atomic E-state index is 0.0948. The van der Waals surface area contributed by atoms with Crippen molar-refractivity contribution in [2.45, 2.75) is 26.9 Å². The van der Waals surface area contributed by atoms with E-state index in [2.05, 4.69) is 4.98 Å². The fraction of sp³-hybridized carbons (Fsp3) is 0.182. The standard InChI is InChI=1S/C22H17Cl2NO3S/c1-3-13-6-16-20(28-10-17(21(16)26)22-25-12(2)11-29-22)8-19(13)27-9-14-4-5-15(23)7-18(14)24/h4-8,10-11H,3,9H2,1-2H3. The molecule has 148 valence electrons. The molecular weight excluding hydrogens is 429 g/mol. The van der Waals surface area contributed by atoms with E-state index >= 15 is 0 Å². The van der Waals surface area contributed by atoms with Crippen LogP contribution in [0.3, 0.4) is 0 Å². The topological polar surface area (TPSA) is 52.3 Å². The minimum atomic E-state index is -0.0948. The van der Waals surface area contributed by atoms with Crippen molar-refractivity contribution in [1.29, 1.82) is 0 Å². The molecule has 0 saturated carbocycles. The van der Waals surface area contributed by atoms with Crippen LogP contribution in [0, 0.1) is 6.92 Å². The fourth-order valence-electron chi connectivity index (χ4n) is 3.03. The van der Waals surface area contributed by atoms with E-state index in [1.807, 2.05) is 31.4 Å². The van der Waals surface area contributed by atoms with Gasteiger partial charge in [-0.3, -0.25) is 4.79 Å². The Labute approximate surface area is 181 Å². The maximum atomic E-state index is 13.0. The predicted octanol–water partition coefficient (Wildman–Crippen LogP) is 6.67. The SMILES string of the molecule is CCc1cc2c(=O)c(-c3nc(C)cs3)coc2cc1OCc1ccc(Cl)cc1Cl. The molecule has 0 spiro atoms. The second kappa shape index (κ2) is 8.19. The van der Waals surface area contributed by atoms with Crippen molar-refractivity contribution in [3.05, 3.63) is 79.1 Å². The lowest BCUT2D eigenvalue weighted by molar-refractivity contribution is 0.303. The molecule has 0 bridgehead atoms. The van der Waals surface area contributed by atoms with E-state index < -0.39 is 0 Å². The Morgan fingerprint density at radius 1 is 1.17 bits per heavy atom. The summed E-state index contributed by atoms with van der Waals surface area (Å²) in [5.74, 6) is 0.659. The highest BCUT2D eigenvalue weighted by Gasteiger charge is 2.15. The van der Waals surface area contributed by atoms with Crippen LogP contribution in [-0.4, -0.2) is 4.98 Å². The van der Waals surface area contributed by atoms with E-state index in [0.717, 1.165) is 16.8 Å². The van der Waals surface area contributed by atoms with Gasteiger partial charge in [-0.1, -0.05) is 36.2 Å². The van der Waals surface area contributed by atoms with Crippen molar-refractivity contribution in [1.82, 2.24) is 4.98 Å². The van der Waals surface area contributed by atoms with Gasteiger partial charge >= 0.3 is 0 Å². The number of benzene rings is 2. The van der Waals surface area contributed by atoms with Crippen LogP contribution < -0.4 is 10.2 Å². The third kappa shape index (κ3) is 4.04. The molecule has 0 aliphatic rings. The summed E-state index contributed by atoms with van der Waals surface area (Å²) in [7, 11) is 0. The lowest BCUT2D eigenvalue weighted by Crippen LogP contribution is -2.06. The van der Waals surface area contributed by atoms with Gasteiger partial charge in [-0.2, -0.15) is 0 Å². The van der Waals surface area contributed by atoms with Gasteiger partial charge < -0.3 is 9.15 Å². The van der Waals surface area contributed by atoms with Crippen LogP contribution in [0.25, 0.3) is 21.5 Å². The highest BCUT2D eigenvalue weighted by atomic mass is 35.5. The van der Waals surface area contributed by atoms with Gasteiger partial charge in [-0.05, 0) is 37.1 Å². The molecule has 29 heavy (non-hydrogen) atoms.